The number of hydrogen-bond donors (Lipinski definition) is 0. The Morgan fingerprint density at radius 2 is 1.71 bits per heavy atom. The van der Waals surface area contributed by atoms with Crippen LogP contribution in [0.25, 0.3) is 22.0 Å². The van der Waals surface area contributed by atoms with Gasteiger partial charge in [0.2, 0.25) is 0 Å². The number of halogens is 2. The summed E-state index contributed by atoms with van der Waals surface area (Å²) in [5.41, 5.74) is 2.81. The fourth-order valence-electron chi connectivity index (χ4n) is 3.08. The van der Waals surface area contributed by atoms with Gasteiger partial charge in [0.25, 0.3) is 0 Å². The van der Waals surface area contributed by atoms with Crippen molar-refractivity contribution in [2.45, 2.75) is 23.9 Å². The highest BCUT2D eigenvalue weighted by Crippen LogP contribution is 2.33. The summed E-state index contributed by atoms with van der Waals surface area (Å²) in [5, 5.41) is 14.0. The van der Waals surface area contributed by atoms with Gasteiger partial charge in [-0.3, -0.25) is 0 Å². The van der Waals surface area contributed by atoms with E-state index in [4.69, 9.17) is 32.9 Å². The van der Waals surface area contributed by atoms with E-state index < -0.39 is 0 Å². The normalized spacial score (nSPS) is 11.2. The predicted octanol–water partition coefficient (Wildman–Crippen LogP) is 6.70. The Balaban J connectivity index is 1.55. The molecule has 2 aromatic heterocycles. The third kappa shape index (κ3) is 5.30. The number of thiazole rings is 1. The van der Waals surface area contributed by atoms with Gasteiger partial charge in [-0.15, -0.1) is 21.5 Å². The van der Waals surface area contributed by atoms with E-state index >= 15 is 0 Å². The third-order valence-electron chi connectivity index (χ3n) is 4.57. The van der Waals surface area contributed by atoms with Crippen LogP contribution >= 0.6 is 46.3 Å². The van der Waals surface area contributed by atoms with Crippen LogP contribution in [-0.2, 0) is 17.0 Å². The quantitative estimate of drug-likeness (QED) is 0.193. The van der Waals surface area contributed by atoms with Gasteiger partial charge in [0.1, 0.15) is 5.01 Å². The van der Waals surface area contributed by atoms with E-state index in [1.807, 2.05) is 48.5 Å². The minimum Gasteiger partial charge on any atom is -0.385 e. The Hall–Kier alpha value is -1.90. The number of benzene rings is 2. The van der Waals surface area contributed by atoms with Gasteiger partial charge in [0.05, 0.1) is 15.7 Å². The van der Waals surface area contributed by atoms with Crippen molar-refractivity contribution in [2.75, 3.05) is 13.7 Å². The fourth-order valence-corrected chi connectivity index (χ4v) is 5.40. The van der Waals surface area contributed by atoms with Crippen LogP contribution in [-0.4, -0.2) is 33.5 Å². The molecule has 0 aliphatic heterocycles. The summed E-state index contributed by atoms with van der Waals surface area (Å²) in [7, 11) is 1.70. The predicted molar refractivity (Wildman–Crippen MR) is 129 cm³/mol. The van der Waals surface area contributed by atoms with E-state index in [-0.39, 0.29) is 0 Å². The molecule has 0 aliphatic carbocycles. The van der Waals surface area contributed by atoms with Crippen LogP contribution in [0.1, 0.15) is 12.1 Å². The lowest BCUT2D eigenvalue weighted by molar-refractivity contribution is 0.189. The van der Waals surface area contributed by atoms with Crippen molar-refractivity contribution in [3.63, 3.8) is 0 Å². The van der Waals surface area contributed by atoms with Gasteiger partial charge in [-0.1, -0.05) is 65.3 Å². The Morgan fingerprint density at radius 1 is 1.00 bits per heavy atom. The molecule has 0 aliphatic rings. The molecule has 31 heavy (non-hydrogen) atoms. The van der Waals surface area contributed by atoms with Gasteiger partial charge >= 0.3 is 0 Å². The van der Waals surface area contributed by atoms with E-state index in [1.165, 1.54) is 0 Å². The average molecular weight is 491 g/mol. The SMILES string of the molecule is COCCCn1c(SCc2csc(-c3ccccc3Cl)n2)nnc1-c1ccccc1Cl. The van der Waals surface area contributed by atoms with Crippen molar-refractivity contribution < 1.29 is 4.74 Å². The molecule has 0 fully saturated rings. The van der Waals surface area contributed by atoms with Crippen LogP contribution in [0, 0.1) is 0 Å². The summed E-state index contributed by atoms with van der Waals surface area (Å²) < 4.78 is 7.33. The molecule has 0 spiro atoms. The highest BCUT2D eigenvalue weighted by Gasteiger charge is 2.17. The van der Waals surface area contributed by atoms with Gasteiger partial charge in [-0.05, 0) is 24.6 Å². The fraction of sp³-hybridized carbons (Fsp3) is 0.227. The summed E-state index contributed by atoms with van der Waals surface area (Å²) in [5.74, 6) is 1.45. The first-order chi connectivity index (χ1) is 15.2. The first-order valence-electron chi connectivity index (χ1n) is 9.66. The standard InChI is InChI=1S/C22H20Cl2N4OS2/c1-29-12-6-11-28-20(16-7-2-4-9-18(16)23)26-27-22(28)31-14-15-13-30-21(25-15)17-8-3-5-10-19(17)24/h2-5,7-10,13H,6,11-12,14H2,1H3. The van der Waals surface area contributed by atoms with Gasteiger partial charge in [0, 0.05) is 42.5 Å². The Kier molecular flexibility index (Phi) is 7.63. The van der Waals surface area contributed by atoms with Crippen molar-refractivity contribution in [3.05, 3.63) is 69.7 Å². The molecule has 2 aromatic carbocycles. The first kappa shape index (κ1) is 22.3. The van der Waals surface area contributed by atoms with Crippen molar-refractivity contribution in [2.24, 2.45) is 0 Å². The minimum absolute atomic E-state index is 0.656. The van der Waals surface area contributed by atoms with Gasteiger partial charge in [-0.2, -0.15) is 0 Å². The summed E-state index contributed by atoms with van der Waals surface area (Å²) in [6.45, 7) is 1.41. The smallest absolute Gasteiger partial charge is 0.191 e. The van der Waals surface area contributed by atoms with Gasteiger partial charge < -0.3 is 9.30 Å². The van der Waals surface area contributed by atoms with E-state index in [0.29, 0.717) is 22.4 Å². The highest BCUT2D eigenvalue weighted by molar-refractivity contribution is 7.98. The number of hydrogen-bond acceptors (Lipinski definition) is 6. The molecule has 160 valence electrons. The zero-order valence-corrected chi connectivity index (χ0v) is 19.9. The van der Waals surface area contributed by atoms with E-state index in [1.54, 1.807) is 30.2 Å². The van der Waals surface area contributed by atoms with Crippen LogP contribution in [0.5, 0.6) is 0 Å². The molecule has 0 radical (unpaired) electrons. The van der Waals surface area contributed by atoms with Crippen LogP contribution in [0.3, 0.4) is 0 Å². The number of thioether (sulfide) groups is 1. The Labute approximate surface area is 199 Å². The zero-order valence-electron chi connectivity index (χ0n) is 16.8. The van der Waals surface area contributed by atoms with E-state index in [9.17, 15) is 0 Å². The summed E-state index contributed by atoms with van der Waals surface area (Å²) in [6.07, 6.45) is 0.854. The summed E-state index contributed by atoms with van der Waals surface area (Å²) in [6, 6.07) is 15.4. The molecule has 4 aromatic rings. The lowest BCUT2D eigenvalue weighted by atomic mass is 10.2. The molecule has 5 nitrogen and oxygen atoms in total. The molecule has 0 atom stereocenters. The lowest BCUT2D eigenvalue weighted by Crippen LogP contribution is -2.05. The van der Waals surface area contributed by atoms with Crippen molar-refractivity contribution in [1.82, 2.24) is 19.7 Å². The molecule has 0 bridgehead atoms. The maximum Gasteiger partial charge on any atom is 0.191 e. The molecule has 0 saturated carbocycles. The van der Waals surface area contributed by atoms with E-state index in [0.717, 1.165) is 45.8 Å². The topological polar surface area (TPSA) is 52.8 Å². The maximum atomic E-state index is 6.42. The summed E-state index contributed by atoms with van der Waals surface area (Å²) in [4.78, 5) is 4.76. The second-order valence-corrected chi connectivity index (χ2v) is 9.31. The number of aromatic nitrogens is 4. The molecular formula is C22H20Cl2N4OS2. The largest absolute Gasteiger partial charge is 0.385 e. The molecule has 0 N–H and O–H groups in total. The number of nitrogens with zero attached hydrogens (tertiary/aromatic N) is 4. The first-order valence-corrected chi connectivity index (χ1v) is 12.3. The van der Waals surface area contributed by atoms with Gasteiger partial charge in [-0.25, -0.2) is 4.98 Å². The molecule has 9 heteroatoms. The number of ether oxygens (including phenoxy) is 1. The van der Waals surface area contributed by atoms with Crippen molar-refractivity contribution >= 4 is 46.3 Å². The van der Waals surface area contributed by atoms with Crippen LogP contribution in [0.4, 0.5) is 0 Å². The van der Waals surface area contributed by atoms with Crippen LogP contribution in [0.15, 0.2) is 59.1 Å². The van der Waals surface area contributed by atoms with Gasteiger partial charge in [0.15, 0.2) is 11.0 Å². The zero-order chi connectivity index (χ0) is 21.6. The molecule has 0 unspecified atom stereocenters. The molecule has 0 amide bonds. The minimum atomic E-state index is 0.656. The monoisotopic (exact) mass is 490 g/mol. The second kappa shape index (κ2) is 10.6. The van der Waals surface area contributed by atoms with Crippen molar-refractivity contribution in [1.29, 1.82) is 0 Å². The van der Waals surface area contributed by atoms with Crippen LogP contribution in [0.2, 0.25) is 10.0 Å². The Morgan fingerprint density at radius 3 is 2.42 bits per heavy atom. The molecule has 2 heterocycles. The van der Waals surface area contributed by atoms with Crippen LogP contribution < -0.4 is 0 Å². The third-order valence-corrected chi connectivity index (χ3v) is 7.15. The van der Waals surface area contributed by atoms with E-state index in [2.05, 4.69) is 20.1 Å². The second-order valence-electron chi connectivity index (χ2n) is 6.70. The molecule has 4 rings (SSSR count). The highest BCUT2D eigenvalue weighted by atomic mass is 35.5. The summed E-state index contributed by atoms with van der Waals surface area (Å²) >= 11 is 15.9. The number of methoxy groups -OCH3 is 1. The molecular weight excluding hydrogens is 471 g/mol. The average Bonchev–Trinajstić information content (AvgIpc) is 3.40. The number of rotatable bonds is 9. The molecule has 0 saturated heterocycles. The van der Waals surface area contributed by atoms with Crippen molar-refractivity contribution in [3.8, 4) is 22.0 Å². The maximum absolute atomic E-state index is 6.42. The lowest BCUT2D eigenvalue weighted by Gasteiger charge is -2.10. The Bertz CT molecular complexity index is 1160.